The third kappa shape index (κ3) is 3.86. The van der Waals surface area contributed by atoms with E-state index in [1.54, 1.807) is 20.8 Å². The number of piperidine rings is 1. The maximum atomic E-state index is 12.2. The molecule has 2 fully saturated rings. The maximum Gasteiger partial charge on any atom is 0.408 e. The van der Waals surface area contributed by atoms with Gasteiger partial charge in [-0.25, -0.2) is 19.6 Å². The first-order valence-electron chi connectivity index (χ1n) is 10.00. The summed E-state index contributed by atoms with van der Waals surface area (Å²) in [5.41, 5.74) is 0.00360. The molecule has 0 aromatic carbocycles. The van der Waals surface area contributed by atoms with Crippen molar-refractivity contribution in [3.05, 3.63) is 18.1 Å². The zero-order valence-corrected chi connectivity index (χ0v) is 17.0. The number of H-pyrrole nitrogens is 1. The molecule has 2 aromatic rings. The minimum Gasteiger partial charge on any atom is -0.480 e. The predicted molar refractivity (Wildman–Crippen MR) is 107 cm³/mol. The van der Waals surface area contributed by atoms with Crippen molar-refractivity contribution in [1.29, 1.82) is 0 Å². The summed E-state index contributed by atoms with van der Waals surface area (Å²) in [6, 6.07) is 0. The first-order valence-corrected chi connectivity index (χ1v) is 10.00. The second kappa shape index (κ2) is 6.89. The molecule has 3 N–H and O–H groups in total. The van der Waals surface area contributed by atoms with Crippen LogP contribution in [0.25, 0.3) is 11.0 Å². The van der Waals surface area contributed by atoms with E-state index in [9.17, 15) is 14.7 Å². The molecule has 1 aliphatic heterocycles. The van der Waals surface area contributed by atoms with Gasteiger partial charge in [-0.05, 0) is 57.9 Å². The fraction of sp³-hybridized carbons (Fsp3) is 0.600. The molecule has 9 heteroatoms. The Morgan fingerprint density at radius 2 is 1.97 bits per heavy atom. The molecule has 9 nitrogen and oxygen atoms in total. The number of aromatic nitrogens is 3. The first-order chi connectivity index (χ1) is 13.7. The van der Waals surface area contributed by atoms with Gasteiger partial charge in [-0.15, -0.1) is 0 Å². The molecule has 29 heavy (non-hydrogen) atoms. The molecule has 1 amide bonds. The number of carbonyl (C=O) groups is 2. The Bertz CT molecular complexity index is 936. The summed E-state index contributed by atoms with van der Waals surface area (Å²) < 4.78 is 5.27. The molecule has 1 saturated heterocycles. The van der Waals surface area contributed by atoms with Crippen molar-refractivity contribution in [3.63, 3.8) is 0 Å². The standard InChI is InChI=1S/C20H27N5O4/c1-19(2,3)29-18(28)24-20(17(26)27)6-8-25(9-7-20)16-14-13(12-4-5-12)10-21-15(14)22-11-23-16/h10-12H,4-9H2,1-3H3,(H,24,28)(H,26,27)(H,21,22,23). The van der Waals surface area contributed by atoms with Gasteiger partial charge in [0, 0.05) is 19.3 Å². The largest absolute Gasteiger partial charge is 0.480 e. The van der Waals surface area contributed by atoms with Gasteiger partial charge in [0.15, 0.2) is 0 Å². The Morgan fingerprint density at radius 3 is 2.55 bits per heavy atom. The van der Waals surface area contributed by atoms with E-state index in [4.69, 9.17) is 4.74 Å². The molecule has 0 atom stereocenters. The quantitative estimate of drug-likeness (QED) is 0.720. The number of rotatable bonds is 4. The van der Waals surface area contributed by atoms with Gasteiger partial charge in [0.1, 0.15) is 28.9 Å². The summed E-state index contributed by atoms with van der Waals surface area (Å²) >= 11 is 0. The van der Waals surface area contributed by atoms with E-state index in [1.807, 2.05) is 6.20 Å². The average molecular weight is 401 g/mol. The smallest absolute Gasteiger partial charge is 0.408 e. The fourth-order valence-electron chi connectivity index (χ4n) is 3.92. The monoisotopic (exact) mass is 401 g/mol. The van der Waals surface area contributed by atoms with Crippen LogP contribution in [-0.4, -0.2) is 56.4 Å². The van der Waals surface area contributed by atoms with Crippen LogP contribution in [0.3, 0.4) is 0 Å². The molecule has 0 spiro atoms. The molecule has 1 saturated carbocycles. The zero-order chi connectivity index (χ0) is 20.8. The van der Waals surface area contributed by atoms with E-state index >= 15 is 0 Å². The molecular formula is C20H27N5O4. The van der Waals surface area contributed by atoms with Gasteiger partial charge in [-0.2, -0.15) is 0 Å². The number of carboxylic acid groups (broad SMARTS) is 1. The van der Waals surface area contributed by atoms with E-state index < -0.39 is 23.2 Å². The Kier molecular flexibility index (Phi) is 4.63. The molecule has 3 heterocycles. The van der Waals surface area contributed by atoms with E-state index in [-0.39, 0.29) is 12.8 Å². The summed E-state index contributed by atoms with van der Waals surface area (Å²) in [5.74, 6) is 0.329. The molecule has 2 aromatic heterocycles. The third-order valence-corrected chi connectivity index (χ3v) is 5.56. The third-order valence-electron chi connectivity index (χ3n) is 5.56. The van der Waals surface area contributed by atoms with Crippen LogP contribution in [0.1, 0.15) is 57.9 Å². The Morgan fingerprint density at radius 1 is 1.28 bits per heavy atom. The van der Waals surface area contributed by atoms with E-state index in [2.05, 4.69) is 25.2 Å². The lowest BCUT2D eigenvalue weighted by Crippen LogP contribution is -2.60. The minimum atomic E-state index is -1.34. The number of hydrogen-bond acceptors (Lipinski definition) is 6. The number of aliphatic carboxylic acids is 1. The lowest BCUT2D eigenvalue weighted by atomic mass is 9.87. The van der Waals surface area contributed by atoms with Crippen LogP contribution in [0.4, 0.5) is 10.6 Å². The fourth-order valence-corrected chi connectivity index (χ4v) is 3.92. The van der Waals surface area contributed by atoms with Gasteiger partial charge >= 0.3 is 12.1 Å². The molecule has 2 aliphatic rings. The number of alkyl carbamates (subject to hydrolysis) is 1. The van der Waals surface area contributed by atoms with Crippen molar-refractivity contribution in [1.82, 2.24) is 20.3 Å². The van der Waals surface area contributed by atoms with E-state index in [1.165, 1.54) is 24.7 Å². The second-order valence-corrected chi connectivity index (χ2v) is 8.94. The molecule has 4 rings (SSSR count). The minimum absolute atomic E-state index is 0.260. The molecule has 1 aliphatic carbocycles. The van der Waals surface area contributed by atoms with Crippen LogP contribution in [0.5, 0.6) is 0 Å². The Labute approximate surface area is 168 Å². The highest BCUT2D eigenvalue weighted by atomic mass is 16.6. The predicted octanol–water partition coefficient (Wildman–Crippen LogP) is 2.78. The van der Waals surface area contributed by atoms with Gasteiger partial charge in [-0.1, -0.05) is 0 Å². The summed E-state index contributed by atoms with van der Waals surface area (Å²) in [7, 11) is 0. The number of aromatic amines is 1. The van der Waals surface area contributed by atoms with Crippen LogP contribution in [0.15, 0.2) is 12.5 Å². The van der Waals surface area contributed by atoms with Gasteiger partial charge in [0.05, 0.1) is 5.39 Å². The number of hydrogen-bond donors (Lipinski definition) is 3. The normalized spacial score (nSPS) is 19.2. The number of nitrogens with zero attached hydrogens (tertiary/aromatic N) is 3. The van der Waals surface area contributed by atoms with Crippen molar-refractivity contribution < 1.29 is 19.4 Å². The Hall–Kier alpha value is -2.84. The molecule has 0 radical (unpaired) electrons. The number of carboxylic acids is 1. The van der Waals surface area contributed by atoms with Crippen molar-refractivity contribution in [2.75, 3.05) is 18.0 Å². The summed E-state index contributed by atoms with van der Waals surface area (Å²) in [5, 5.41) is 13.5. The van der Waals surface area contributed by atoms with E-state index in [0.29, 0.717) is 19.0 Å². The molecule has 0 unspecified atom stereocenters. The second-order valence-electron chi connectivity index (χ2n) is 8.94. The number of ether oxygens (including phenoxy) is 1. The maximum absolute atomic E-state index is 12.2. The van der Waals surface area contributed by atoms with Crippen LogP contribution < -0.4 is 10.2 Å². The summed E-state index contributed by atoms with van der Waals surface area (Å²) in [6.45, 7) is 6.17. The van der Waals surface area contributed by atoms with Crippen molar-refractivity contribution >= 4 is 28.9 Å². The van der Waals surface area contributed by atoms with Crippen LogP contribution >= 0.6 is 0 Å². The van der Waals surface area contributed by atoms with Crippen molar-refractivity contribution in [3.8, 4) is 0 Å². The average Bonchev–Trinajstić information content (AvgIpc) is 3.39. The molecule has 156 valence electrons. The number of fused-ring (bicyclic) bond motifs is 1. The van der Waals surface area contributed by atoms with Gasteiger partial charge in [0.25, 0.3) is 0 Å². The number of nitrogens with one attached hydrogen (secondary N) is 2. The van der Waals surface area contributed by atoms with Crippen molar-refractivity contribution in [2.45, 2.75) is 63.5 Å². The van der Waals surface area contributed by atoms with Crippen molar-refractivity contribution in [2.24, 2.45) is 0 Å². The number of anilines is 1. The summed E-state index contributed by atoms with van der Waals surface area (Å²) in [4.78, 5) is 38.4. The van der Waals surface area contributed by atoms with Gasteiger partial charge in [-0.3, -0.25) is 0 Å². The highest BCUT2D eigenvalue weighted by Crippen LogP contribution is 2.45. The van der Waals surface area contributed by atoms with Gasteiger partial charge in [0.2, 0.25) is 0 Å². The molecule has 0 bridgehead atoms. The highest BCUT2D eigenvalue weighted by molar-refractivity contribution is 5.92. The topological polar surface area (TPSA) is 120 Å². The van der Waals surface area contributed by atoms with Crippen LogP contribution in [-0.2, 0) is 9.53 Å². The lowest BCUT2D eigenvalue weighted by molar-refractivity contribution is -0.145. The zero-order valence-electron chi connectivity index (χ0n) is 17.0. The number of amides is 1. The highest BCUT2D eigenvalue weighted by Gasteiger charge is 2.44. The van der Waals surface area contributed by atoms with Crippen LogP contribution in [0.2, 0.25) is 0 Å². The number of carbonyl (C=O) groups excluding carboxylic acids is 1. The molecular weight excluding hydrogens is 374 g/mol. The summed E-state index contributed by atoms with van der Waals surface area (Å²) in [6.07, 6.45) is 5.69. The van der Waals surface area contributed by atoms with Crippen LogP contribution in [0, 0.1) is 0 Å². The lowest BCUT2D eigenvalue weighted by Gasteiger charge is -2.40. The van der Waals surface area contributed by atoms with E-state index in [0.717, 1.165) is 16.9 Å². The Balaban J connectivity index is 1.54. The first kappa shape index (κ1) is 19.5. The van der Waals surface area contributed by atoms with Gasteiger partial charge < -0.3 is 25.0 Å². The SMILES string of the molecule is CC(C)(C)OC(=O)NC1(C(=O)O)CCN(c2ncnc3[nH]cc(C4CC4)c23)CC1.